The maximum Gasteiger partial charge on any atom is 0.330 e. The number of hydrogen-bond acceptors (Lipinski definition) is 3. The van der Waals surface area contributed by atoms with E-state index >= 15 is 0 Å². The van der Waals surface area contributed by atoms with Gasteiger partial charge < -0.3 is 9.47 Å². The van der Waals surface area contributed by atoms with E-state index in [-0.39, 0.29) is 0 Å². The highest BCUT2D eigenvalue weighted by Crippen LogP contribution is 2.33. The van der Waals surface area contributed by atoms with Crippen LogP contribution in [0.25, 0.3) is 6.08 Å². The number of esters is 1. The molecule has 1 rings (SSSR count). The molecule has 0 aliphatic heterocycles. The smallest absolute Gasteiger partial charge is 0.330 e. The summed E-state index contributed by atoms with van der Waals surface area (Å²) in [6.07, 6.45) is 2.94. The number of benzene rings is 1. The van der Waals surface area contributed by atoms with Crippen molar-refractivity contribution < 1.29 is 14.3 Å². The molecule has 17 heavy (non-hydrogen) atoms. The van der Waals surface area contributed by atoms with Crippen molar-refractivity contribution >= 4 is 39.6 Å². The minimum absolute atomic E-state index is 0.347. The second-order valence-electron chi connectivity index (χ2n) is 3.10. The van der Waals surface area contributed by atoms with Gasteiger partial charge in [-0.3, -0.25) is 0 Å². The fourth-order valence-electron chi connectivity index (χ4n) is 1.27. The van der Waals surface area contributed by atoms with Crippen molar-refractivity contribution in [3.63, 3.8) is 0 Å². The van der Waals surface area contributed by atoms with Crippen LogP contribution in [0.2, 0.25) is 5.02 Å². The highest BCUT2D eigenvalue weighted by atomic mass is 79.9. The summed E-state index contributed by atoms with van der Waals surface area (Å²) in [5.41, 5.74) is 0.708. The molecule has 0 heterocycles. The first-order valence-corrected chi connectivity index (χ1v) is 6.13. The molecule has 1 aromatic rings. The van der Waals surface area contributed by atoms with E-state index in [1.54, 1.807) is 32.2 Å². The predicted octanol–water partition coefficient (Wildman–Crippen LogP) is 3.69. The number of methoxy groups -OCH3 is 1. The zero-order chi connectivity index (χ0) is 12.8. The molecule has 0 aromatic heterocycles. The van der Waals surface area contributed by atoms with E-state index in [4.69, 9.17) is 21.1 Å². The van der Waals surface area contributed by atoms with Gasteiger partial charge in [0.2, 0.25) is 0 Å². The van der Waals surface area contributed by atoms with Crippen LogP contribution >= 0.6 is 27.5 Å². The van der Waals surface area contributed by atoms with E-state index in [9.17, 15) is 4.79 Å². The van der Waals surface area contributed by atoms with Gasteiger partial charge in [-0.1, -0.05) is 11.6 Å². The average Bonchev–Trinajstić information content (AvgIpc) is 2.26. The van der Waals surface area contributed by atoms with E-state index in [2.05, 4.69) is 15.9 Å². The molecule has 0 saturated heterocycles. The lowest BCUT2D eigenvalue weighted by molar-refractivity contribution is -0.137. The third kappa shape index (κ3) is 4.06. The number of ether oxygens (including phenoxy) is 2. The van der Waals surface area contributed by atoms with Gasteiger partial charge in [0.05, 0.1) is 18.2 Å². The normalized spacial score (nSPS) is 10.6. The van der Waals surface area contributed by atoms with Gasteiger partial charge in [-0.25, -0.2) is 4.79 Å². The maximum absolute atomic E-state index is 11.2. The monoisotopic (exact) mass is 318 g/mol. The molecule has 1 aromatic carbocycles. The van der Waals surface area contributed by atoms with Crippen molar-refractivity contribution in [3.05, 3.63) is 33.3 Å². The third-order valence-corrected chi connectivity index (χ3v) is 2.73. The van der Waals surface area contributed by atoms with Crippen LogP contribution in [0.15, 0.2) is 22.7 Å². The van der Waals surface area contributed by atoms with Crippen molar-refractivity contribution in [1.82, 2.24) is 0 Å². The van der Waals surface area contributed by atoms with Crippen LogP contribution in [-0.4, -0.2) is 19.7 Å². The van der Waals surface area contributed by atoms with Crippen molar-refractivity contribution in [3.8, 4) is 5.75 Å². The molecule has 3 nitrogen and oxygen atoms in total. The molecular weight excluding hydrogens is 307 g/mol. The molecule has 0 fully saturated rings. The molecule has 0 spiro atoms. The summed E-state index contributed by atoms with van der Waals surface area (Å²) in [6, 6.07) is 3.43. The number of rotatable bonds is 4. The zero-order valence-electron chi connectivity index (χ0n) is 9.50. The lowest BCUT2D eigenvalue weighted by Crippen LogP contribution is -1.99. The molecule has 0 saturated carbocycles. The van der Waals surface area contributed by atoms with Gasteiger partial charge in [-0.15, -0.1) is 0 Å². The highest BCUT2D eigenvalue weighted by molar-refractivity contribution is 9.10. The molecule has 92 valence electrons. The summed E-state index contributed by atoms with van der Waals surface area (Å²) in [5, 5.41) is 0.557. The summed E-state index contributed by atoms with van der Waals surface area (Å²) in [5.74, 6) is 0.223. The van der Waals surface area contributed by atoms with Gasteiger partial charge >= 0.3 is 5.97 Å². The Morgan fingerprint density at radius 1 is 1.53 bits per heavy atom. The van der Waals surface area contributed by atoms with Crippen molar-refractivity contribution in [2.24, 2.45) is 0 Å². The third-order valence-electron chi connectivity index (χ3n) is 1.93. The standard InChI is InChI=1S/C12H12BrClO3/c1-3-17-11(15)5-4-8-6-9(14)7-10(13)12(8)16-2/h4-7H,3H2,1-2H3/b5-4+. The Labute approximate surface area is 113 Å². The molecule has 0 radical (unpaired) electrons. The first kappa shape index (κ1) is 14.1. The van der Waals surface area contributed by atoms with E-state index in [1.807, 2.05) is 0 Å². The molecule has 0 N–H and O–H groups in total. The fraction of sp³-hybridized carbons (Fsp3) is 0.250. The SMILES string of the molecule is CCOC(=O)/C=C/c1cc(Cl)cc(Br)c1OC. The Kier molecular flexibility index (Phi) is 5.51. The molecule has 0 aliphatic carbocycles. The minimum Gasteiger partial charge on any atom is -0.495 e. The summed E-state index contributed by atoms with van der Waals surface area (Å²) in [4.78, 5) is 11.2. The van der Waals surface area contributed by atoms with Gasteiger partial charge in [-0.2, -0.15) is 0 Å². The van der Waals surface area contributed by atoms with Crippen LogP contribution in [0.1, 0.15) is 12.5 Å². The van der Waals surface area contributed by atoms with E-state index < -0.39 is 5.97 Å². The van der Waals surface area contributed by atoms with E-state index in [0.29, 0.717) is 22.9 Å². The molecule has 0 amide bonds. The second-order valence-corrected chi connectivity index (χ2v) is 4.39. The second kappa shape index (κ2) is 6.67. The van der Waals surface area contributed by atoms with Gasteiger partial charge in [0.15, 0.2) is 0 Å². The van der Waals surface area contributed by atoms with Crippen LogP contribution in [0.3, 0.4) is 0 Å². The number of carbonyl (C=O) groups is 1. The van der Waals surface area contributed by atoms with Gasteiger partial charge in [0, 0.05) is 16.7 Å². The molecule has 0 unspecified atom stereocenters. The van der Waals surface area contributed by atoms with Crippen molar-refractivity contribution in [2.45, 2.75) is 6.92 Å². The average molecular weight is 320 g/mol. The predicted molar refractivity (Wildman–Crippen MR) is 71.4 cm³/mol. The summed E-state index contributed by atoms with van der Waals surface area (Å²) < 4.78 is 10.7. The molecule has 0 bridgehead atoms. The van der Waals surface area contributed by atoms with E-state index in [0.717, 1.165) is 4.47 Å². The number of halogens is 2. The van der Waals surface area contributed by atoms with Crippen LogP contribution in [0.4, 0.5) is 0 Å². The van der Waals surface area contributed by atoms with Crippen LogP contribution in [0.5, 0.6) is 5.75 Å². The number of carbonyl (C=O) groups excluding carboxylic acids is 1. The molecule has 0 atom stereocenters. The molecule has 0 aliphatic rings. The van der Waals surface area contributed by atoms with E-state index in [1.165, 1.54) is 6.08 Å². The molecule has 5 heteroatoms. The Hall–Kier alpha value is -1.00. The number of hydrogen-bond donors (Lipinski definition) is 0. The maximum atomic E-state index is 11.2. The summed E-state index contributed by atoms with van der Waals surface area (Å²) in [6.45, 7) is 2.10. The van der Waals surface area contributed by atoms with Gasteiger partial charge in [0.25, 0.3) is 0 Å². The zero-order valence-corrected chi connectivity index (χ0v) is 11.8. The van der Waals surface area contributed by atoms with Crippen LogP contribution < -0.4 is 4.74 Å². The van der Waals surface area contributed by atoms with Crippen LogP contribution in [-0.2, 0) is 9.53 Å². The lowest BCUT2D eigenvalue weighted by Gasteiger charge is -2.07. The Morgan fingerprint density at radius 2 is 2.24 bits per heavy atom. The molecular formula is C12H12BrClO3. The Bertz CT molecular complexity index is 444. The summed E-state index contributed by atoms with van der Waals surface area (Å²) in [7, 11) is 1.55. The van der Waals surface area contributed by atoms with Crippen molar-refractivity contribution in [1.29, 1.82) is 0 Å². The Balaban J connectivity index is 3.01. The topological polar surface area (TPSA) is 35.5 Å². The first-order valence-electron chi connectivity index (χ1n) is 4.96. The van der Waals surface area contributed by atoms with Gasteiger partial charge in [0.1, 0.15) is 5.75 Å². The highest BCUT2D eigenvalue weighted by Gasteiger charge is 2.07. The minimum atomic E-state index is -0.398. The largest absolute Gasteiger partial charge is 0.495 e. The Morgan fingerprint density at radius 3 is 2.82 bits per heavy atom. The van der Waals surface area contributed by atoms with Gasteiger partial charge in [-0.05, 0) is 41.1 Å². The quantitative estimate of drug-likeness (QED) is 0.627. The first-order chi connectivity index (χ1) is 8.08. The lowest BCUT2D eigenvalue weighted by atomic mass is 10.2. The van der Waals surface area contributed by atoms with Crippen LogP contribution in [0, 0.1) is 0 Å². The summed E-state index contributed by atoms with van der Waals surface area (Å²) >= 11 is 9.26. The fourth-order valence-corrected chi connectivity index (χ4v) is 2.26. The van der Waals surface area contributed by atoms with Crippen molar-refractivity contribution in [2.75, 3.05) is 13.7 Å².